The Balaban J connectivity index is 2.59. The molecule has 0 aromatic carbocycles. The number of carbonyl (C=O) groups excluding carboxylic acids is 1. The van der Waals surface area contributed by atoms with Gasteiger partial charge in [-0.15, -0.1) is 0 Å². The SMILES string of the molecule is O=C1C[N]N=N1. The van der Waals surface area contributed by atoms with Gasteiger partial charge in [-0.25, -0.2) is 0 Å². The number of rotatable bonds is 0. The molecule has 31 valence electrons. The molecule has 1 rings (SSSR count). The van der Waals surface area contributed by atoms with Gasteiger partial charge in [-0.3, -0.25) is 4.79 Å². The van der Waals surface area contributed by atoms with Crippen molar-refractivity contribution in [2.45, 2.75) is 0 Å². The number of hydrogen-bond donors (Lipinski definition) is 0. The minimum absolute atomic E-state index is 0.139. The van der Waals surface area contributed by atoms with Gasteiger partial charge in [-0.05, 0) is 5.22 Å². The molecule has 0 aromatic heterocycles. The molecule has 0 spiro atoms. The maximum absolute atomic E-state index is 9.89. The van der Waals surface area contributed by atoms with E-state index in [-0.39, 0.29) is 12.5 Å². The zero-order valence-corrected chi connectivity index (χ0v) is 2.96. The monoisotopic (exact) mass is 84.0 g/mol. The molecule has 6 heavy (non-hydrogen) atoms. The van der Waals surface area contributed by atoms with Crippen molar-refractivity contribution in [3.05, 3.63) is 0 Å². The first-order valence-corrected chi connectivity index (χ1v) is 1.50. The Bertz CT molecular complexity index is 97.0. The van der Waals surface area contributed by atoms with E-state index in [1.807, 2.05) is 0 Å². The third kappa shape index (κ3) is 0.357. The predicted molar refractivity (Wildman–Crippen MR) is 16.9 cm³/mol. The first kappa shape index (κ1) is 3.27. The van der Waals surface area contributed by atoms with Gasteiger partial charge in [-0.1, -0.05) is 5.11 Å². The standard InChI is InChI=1S/C2H2N3O/c6-2-1-3-5-4-2/h1H2. The van der Waals surface area contributed by atoms with Gasteiger partial charge in [0.1, 0.15) is 6.54 Å². The van der Waals surface area contributed by atoms with Crippen molar-refractivity contribution in [2.75, 3.05) is 6.54 Å². The minimum Gasteiger partial charge on any atom is -0.269 e. The predicted octanol–water partition coefficient (Wildman–Crippen LogP) is -0.502. The summed E-state index contributed by atoms with van der Waals surface area (Å²) in [5.74, 6) is -0.255. The first-order valence-electron chi connectivity index (χ1n) is 1.50. The molecule has 0 N–H and O–H groups in total. The summed E-state index contributed by atoms with van der Waals surface area (Å²) in [6.07, 6.45) is 0. The second kappa shape index (κ2) is 1.04. The third-order valence-electron chi connectivity index (χ3n) is 0.425. The first-order chi connectivity index (χ1) is 2.89. The molecule has 0 aliphatic carbocycles. The molecule has 0 atom stereocenters. The van der Waals surface area contributed by atoms with Gasteiger partial charge in [0.2, 0.25) is 0 Å². The maximum Gasteiger partial charge on any atom is 0.289 e. The van der Waals surface area contributed by atoms with Crippen LogP contribution in [0.25, 0.3) is 0 Å². The number of hydrogen-bond acceptors (Lipinski definition) is 2. The van der Waals surface area contributed by atoms with Crippen LogP contribution in [0, 0.1) is 0 Å². The van der Waals surface area contributed by atoms with Crippen LogP contribution in [-0.2, 0) is 4.79 Å². The molecule has 0 saturated carbocycles. The van der Waals surface area contributed by atoms with Gasteiger partial charge < -0.3 is 0 Å². The van der Waals surface area contributed by atoms with Crippen LogP contribution in [-0.4, -0.2) is 12.5 Å². The van der Waals surface area contributed by atoms with E-state index in [0.717, 1.165) is 0 Å². The Labute approximate surface area is 34.2 Å². The van der Waals surface area contributed by atoms with E-state index in [1.54, 1.807) is 0 Å². The summed E-state index contributed by atoms with van der Waals surface area (Å²) in [6.45, 7) is 0.139. The van der Waals surface area contributed by atoms with Gasteiger partial charge in [0, 0.05) is 0 Å². The second-order valence-electron chi connectivity index (χ2n) is 0.883. The lowest BCUT2D eigenvalue weighted by Crippen LogP contribution is -1.99. The molecule has 1 radical (unpaired) electrons. The van der Waals surface area contributed by atoms with Crippen LogP contribution in [0.15, 0.2) is 10.3 Å². The van der Waals surface area contributed by atoms with Crippen LogP contribution >= 0.6 is 0 Å². The van der Waals surface area contributed by atoms with Crippen molar-refractivity contribution in [1.82, 2.24) is 5.43 Å². The van der Waals surface area contributed by atoms with Crippen molar-refractivity contribution in [2.24, 2.45) is 10.3 Å². The molecular formula is C2H2N3O. The van der Waals surface area contributed by atoms with E-state index < -0.39 is 0 Å². The molecule has 0 saturated heterocycles. The molecule has 0 fully saturated rings. The quantitative estimate of drug-likeness (QED) is 0.390. The van der Waals surface area contributed by atoms with Crippen LogP contribution in [0.1, 0.15) is 0 Å². The highest BCUT2D eigenvalue weighted by Crippen LogP contribution is 1.83. The Morgan fingerprint density at radius 2 is 2.50 bits per heavy atom. The number of nitrogens with zero attached hydrogens (tertiary/aromatic N) is 3. The van der Waals surface area contributed by atoms with Crippen LogP contribution in [0.2, 0.25) is 0 Å². The van der Waals surface area contributed by atoms with Crippen molar-refractivity contribution < 1.29 is 4.79 Å². The van der Waals surface area contributed by atoms with Gasteiger partial charge in [0.25, 0.3) is 5.91 Å². The van der Waals surface area contributed by atoms with Crippen LogP contribution < -0.4 is 5.43 Å². The summed E-state index contributed by atoms with van der Waals surface area (Å²) < 4.78 is 0. The highest BCUT2D eigenvalue weighted by atomic mass is 16.2. The molecule has 1 aliphatic rings. The van der Waals surface area contributed by atoms with E-state index in [9.17, 15) is 4.79 Å². The average Bonchev–Trinajstić information content (AvgIpc) is 1.86. The van der Waals surface area contributed by atoms with Gasteiger partial charge in [-0.2, -0.15) is 5.43 Å². The van der Waals surface area contributed by atoms with E-state index >= 15 is 0 Å². The fourth-order valence-corrected chi connectivity index (χ4v) is 0.205. The summed E-state index contributed by atoms with van der Waals surface area (Å²) in [6, 6.07) is 0. The van der Waals surface area contributed by atoms with E-state index in [4.69, 9.17) is 0 Å². The maximum atomic E-state index is 9.89. The Hall–Kier alpha value is -0.930. The molecule has 1 aliphatic heterocycles. The fourth-order valence-electron chi connectivity index (χ4n) is 0.205. The molecular weight excluding hydrogens is 82.0 g/mol. The summed E-state index contributed by atoms with van der Waals surface area (Å²) in [4.78, 5) is 9.89. The largest absolute Gasteiger partial charge is 0.289 e. The highest BCUT2D eigenvalue weighted by molar-refractivity contribution is 5.79. The van der Waals surface area contributed by atoms with E-state index in [0.29, 0.717) is 0 Å². The fraction of sp³-hybridized carbons (Fsp3) is 0.500. The highest BCUT2D eigenvalue weighted by Gasteiger charge is 2.03. The lowest BCUT2D eigenvalue weighted by molar-refractivity contribution is -0.116. The molecule has 0 aromatic rings. The zero-order valence-electron chi connectivity index (χ0n) is 2.96. The normalized spacial score (nSPS) is 18.3. The Kier molecular flexibility index (Phi) is 0.567. The molecule has 1 heterocycles. The third-order valence-corrected chi connectivity index (χ3v) is 0.425. The second-order valence-corrected chi connectivity index (χ2v) is 0.883. The van der Waals surface area contributed by atoms with Crippen LogP contribution in [0.4, 0.5) is 0 Å². The van der Waals surface area contributed by atoms with Crippen LogP contribution in [0.5, 0.6) is 0 Å². The van der Waals surface area contributed by atoms with Crippen LogP contribution in [0.3, 0.4) is 0 Å². The average molecular weight is 84.1 g/mol. The summed E-state index contributed by atoms with van der Waals surface area (Å²) >= 11 is 0. The number of amides is 1. The van der Waals surface area contributed by atoms with Gasteiger partial charge >= 0.3 is 0 Å². The van der Waals surface area contributed by atoms with E-state index in [2.05, 4.69) is 15.8 Å². The molecule has 1 amide bonds. The van der Waals surface area contributed by atoms with Gasteiger partial charge in [0.05, 0.1) is 0 Å². The lowest BCUT2D eigenvalue weighted by atomic mass is 10.7. The van der Waals surface area contributed by atoms with Crippen molar-refractivity contribution in [1.29, 1.82) is 0 Å². The smallest absolute Gasteiger partial charge is 0.269 e. The summed E-state index contributed by atoms with van der Waals surface area (Å²) in [7, 11) is 0. The van der Waals surface area contributed by atoms with E-state index in [1.165, 1.54) is 0 Å². The minimum atomic E-state index is -0.255. The lowest BCUT2D eigenvalue weighted by Gasteiger charge is -1.66. The van der Waals surface area contributed by atoms with Crippen molar-refractivity contribution in [3.8, 4) is 0 Å². The summed E-state index contributed by atoms with van der Waals surface area (Å²) in [5.41, 5.74) is 3.27. The zero-order chi connectivity index (χ0) is 4.41. The Morgan fingerprint density at radius 3 is 2.67 bits per heavy atom. The molecule has 4 nitrogen and oxygen atoms in total. The van der Waals surface area contributed by atoms with Gasteiger partial charge in [0.15, 0.2) is 0 Å². The van der Waals surface area contributed by atoms with Crippen molar-refractivity contribution in [3.63, 3.8) is 0 Å². The summed E-state index contributed by atoms with van der Waals surface area (Å²) in [5, 5.41) is 6.12. The molecule has 0 bridgehead atoms. The topological polar surface area (TPSA) is 55.9 Å². The molecule has 0 unspecified atom stereocenters. The molecule has 4 heteroatoms. The number of carbonyl (C=O) groups is 1. The Morgan fingerprint density at radius 1 is 1.67 bits per heavy atom. The van der Waals surface area contributed by atoms with Crippen molar-refractivity contribution >= 4 is 5.91 Å².